The van der Waals surface area contributed by atoms with Crippen molar-refractivity contribution in [3.05, 3.63) is 59.7 Å². The van der Waals surface area contributed by atoms with Gasteiger partial charge in [-0.25, -0.2) is 0 Å². The molecule has 0 bridgehead atoms. The average molecular weight is 284 g/mol. The van der Waals surface area contributed by atoms with Crippen LogP contribution in [0.3, 0.4) is 0 Å². The van der Waals surface area contributed by atoms with Gasteiger partial charge in [-0.1, -0.05) is 30.3 Å². The number of ether oxygens (including phenoxy) is 3. The molecule has 0 aromatic heterocycles. The second-order valence-electron chi connectivity index (χ2n) is 4.82. The van der Waals surface area contributed by atoms with E-state index < -0.39 is 0 Å². The summed E-state index contributed by atoms with van der Waals surface area (Å²) in [4.78, 5) is 12.2. The molecule has 3 rings (SSSR count). The molecule has 0 saturated heterocycles. The molecule has 4 nitrogen and oxygen atoms in total. The minimum Gasteiger partial charge on any atom is -0.484 e. The summed E-state index contributed by atoms with van der Waals surface area (Å²) in [6.45, 7) is 0.161. The van der Waals surface area contributed by atoms with Crippen LogP contribution >= 0.6 is 0 Å². The van der Waals surface area contributed by atoms with Crippen molar-refractivity contribution in [3.8, 4) is 11.5 Å². The Kier molecular flexibility index (Phi) is 3.88. The van der Waals surface area contributed by atoms with E-state index in [9.17, 15) is 4.79 Å². The highest BCUT2D eigenvalue weighted by atomic mass is 16.7. The Balaban J connectivity index is 1.91. The molecule has 1 aliphatic heterocycles. The molecule has 1 unspecified atom stereocenters. The van der Waals surface area contributed by atoms with E-state index in [0.717, 1.165) is 5.56 Å². The third kappa shape index (κ3) is 2.76. The lowest BCUT2D eigenvalue weighted by Gasteiger charge is -2.26. The average Bonchev–Trinajstić information content (AvgIpc) is 2.53. The molecule has 0 amide bonds. The van der Waals surface area contributed by atoms with Gasteiger partial charge in [0.05, 0.1) is 12.0 Å². The molecule has 21 heavy (non-hydrogen) atoms. The Labute approximate surface area is 123 Å². The highest BCUT2D eigenvalue weighted by Gasteiger charge is 2.29. The van der Waals surface area contributed by atoms with Gasteiger partial charge in [-0.05, 0) is 18.2 Å². The lowest BCUT2D eigenvalue weighted by atomic mass is 9.96. The summed E-state index contributed by atoms with van der Waals surface area (Å²) in [6.07, 6.45) is -0.0230. The number of ketones is 1. The first-order valence-corrected chi connectivity index (χ1v) is 6.79. The van der Waals surface area contributed by atoms with E-state index in [2.05, 4.69) is 0 Å². The number of methoxy groups -OCH3 is 1. The quantitative estimate of drug-likeness (QED) is 0.807. The van der Waals surface area contributed by atoms with Crippen LogP contribution in [0, 0.1) is 0 Å². The van der Waals surface area contributed by atoms with Crippen molar-refractivity contribution in [1.82, 2.24) is 0 Å². The lowest BCUT2D eigenvalue weighted by molar-refractivity contribution is 0.0479. The predicted molar refractivity (Wildman–Crippen MR) is 77.7 cm³/mol. The lowest BCUT2D eigenvalue weighted by Crippen LogP contribution is -2.21. The zero-order valence-corrected chi connectivity index (χ0v) is 11.7. The number of para-hydroxylation sites is 2. The molecule has 2 aromatic carbocycles. The van der Waals surface area contributed by atoms with Crippen molar-refractivity contribution in [2.45, 2.75) is 12.5 Å². The third-order valence-corrected chi connectivity index (χ3v) is 3.43. The predicted octanol–water partition coefficient (Wildman–Crippen LogP) is 3.38. The Morgan fingerprint density at radius 1 is 1.14 bits per heavy atom. The number of fused-ring (bicyclic) bond motifs is 1. The molecule has 0 aliphatic carbocycles. The molecule has 0 radical (unpaired) electrons. The van der Waals surface area contributed by atoms with Gasteiger partial charge in [0.15, 0.2) is 12.6 Å². The monoisotopic (exact) mass is 284 g/mol. The third-order valence-electron chi connectivity index (χ3n) is 3.43. The van der Waals surface area contributed by atoms with Gasteiger partial charge in [-0.15, -0.1) is 0 Å². The zero-order chi connectivity index (χ0) is 14.7. The smallest absolute Gasteiger partial charge is 0.188 e. The first-order chi connectivity index (χ1) is 10.3. The number of hydrogen-bond donors (Lipinski definition) is 0. The molecule has 1 heterocycles. The van der Waals surface area contributed by atoms with E-state index in [0.29, 0.717) is 23.5 Å². The standard InChI is InChI=1S/C17H16O4/c1-19-11-20-15-8-4-3-7-13(15)17-10-14(18)12-6-2-5-9-16(12)21-17/h2-9,17H,10-11H2,1H3. The van der Waals surface area contributed by atoms with Crippen molar-refractivity contribution in [2.75, 3.05) is 13.9 Å². The van der Waals surface area contributed by atoms with Crippen molar-refractivity contribution in [2.24, 2.45) is 0 Å². The maximum atomic E-state index is 12.2. The Bertz CT molecular complexity index is 651. The number of carbonyl (C=O) groups is 1. The van der Waals surface area contributed by atoms with Crippen LogP contribution in [0.5, 0.6) is 11.5 Å². The van der Waals surface area contributed by atoms with E-state index in [1.54, 1.807) is 13.2 Å². The number of rotatable bonds is 4. The fourth-order valence-electron chi connectivity index (χ4n) is 2.45. The summed E-state index contributed by atoms with van der Waals surface area (Å²) in [6, 6.07) is 14.9. The highest BCUT2D eigenvalue weighted by Crippen LogP contribution is 2.37. The normalized spacial score (nSPS) is 17.0. The van der Waals surface area contributed by atoms with Crippen LogP contribution in [0.15, 0.2) is 48.5 Å². The maximum Gasteiger partial charge on any atom is 0.188 e. The topological polar surface area (TPSA) is 44.8 Å². The van der Waals surface area contributed by atoms with Gasteiger partial charge in [-0.3, -0.25) is 4.79 Å². The minimum absolute atomic E-state index is 0.0865. The van der Waals surface area contributed by atoms with Gasteiger partial charge in [0.25, 0.3) is 0 Å². The molecule has 4 heteroatoms. The molecule has 2 aromatic rings. The molecular formula is C17H16O4. The van der Waals surface area contributed by atoms with Gasteiger partial charge in [0, 0.05) is 12.7 Å². The van der Waals surface area contributed by atoms with Gasteiger partial charge in [0.1, 0.15) is 17.6 Å². The first-order valence-electron chi connectivity index (χ1n) is 6.79. The fourth-order valence-corrected chi connectivity index (χ4v) is 2.45. The number of carbonyl (C=O) groups excluding carboxylic acids is 1. The summed E-state index contributed by atoms with van der Waals surface area (Å²) in [5, 5.41) is 0. The van der Waals surface area contributed by atoms with E-state index in [1.165, 1.54) is 0 Å². The van der Waals surface area contributed by atoms with Crippen LogP contribution in [0.25, 0.3) is 0 Å². The van der Waals surface area contributed by atoms with Crippen LogP contribution < -0.4 is 9.47 Å². The SMILES string of the molecule is COCOc1ccccc1C1CC(=O)c2ccccc2O1. The van der Waals surface area contributed by atoms with Gasteiger partial charge >= 0.3 is 0 Å². The summed E-state index contributed by atoms with van der Waals surface area (Å²) >= 11 is 0. The first kappa shape index (κ1) is 13.6. The van der Waals surface area contributed by atoms with E-state index in [1.807, 2.05) is 42.5 Å². The summed E-state index contributed by atoms with van der Waals surface area (Å²) < 4.78 is 16.5. The second kappa shape index (κ2) is 5.97. The molecule has 0 N–H and O–H groups in total. The van der Waals surface area contributed by atoms with E-state index in [4.69, 9.17) is 14.2 Å². The Morgan fingerprint density at radius 3 is 2.76 bits per heavy atom. The van der Waals surface area contributed by atoms with Gasteiger partial charge in [-0.2, -0.15) is 0 Å². The van der Waals surface area contributed by atoms with E-state index in [-0.39, 0.29) is 18.7 Å². The molecular weight excluding hydrogens is 268 g/mol. The number of hydrogen-bond acceptors (Lipinski definition) is 4. The molecule has 0 spiro atoms. The summed E-state index contributed by atoms with van der Waals surface area (Å²) in [5.74, 6) is 1.39. The summed E-state index contributed by atoms with van der Waals surface area (Å²) in [7, 11) is 1.57. The summed E-state index contributed by atoms with van der Waals surface area (Å²) in [5.41, 5.74) is 1.50. The van der Waals surface area contributed by atoms with Crippen LogP contribution in [0.2, 0.25) is 0 Å². The molecule has 108 valence electrons. The molecule has 1 atom stereocenters. The van der Waals surface area contributed by atoms with Crippen LogP contribution in [-0.2, 0) is 4.74 Å². The Morgan fingerprint density at radius 2 is 1.90 bits per heavy atom. The van der Waals surface area contributed by atoms with Crippen LogP contribution in [0.1, 0.15) is 28.4 Å². The van der Waals surface area contributed by atoms with Gasteiger partial charge < -0.3 is 14.2 Å². The van der Waals surface area contributed by atoms with Crippen molar-refractivity contribution in [1.29, 1.82) is 0 Å². The molecule has 1 aliphatic rings. The maximum absolute atomic E-state index is 12.2. The van der Waals surface area contributed by atoms with Crippen LogP contribution in [0.4, 0.5) is 0 Å². The Hall–Kier alpha value is -2.33. The van der Waals surface area contributed by atoms with Gasteiger partial charge in [0.2, 0.25) is 0 Å². The zero-order valence-electron chi connectivity index (χ0n) is 11.7. The number of benzene rings is 2. The minimum atomic E-state index is -0.333. The largest absolute Gasteiger partial charge is 0.484 e. The number of Topliss-reactive ketones (excluding diaryl/α,β-unsaturated/α-hetero) is 1. The van der Waals surface area contributed by atoms with E-state index >= 15 is 0 Å². The second-order valence-corrected chi connectivity index (χ2v) is 4.82. The fraction of sp³-hybridized carbons (Fsp3) is 0.235. The van der Waals surface area contributed by atoms with Crippen molar-refractivity contribution < 1.29 is 19.0 Å². The van der Waals surface area contributed by atoms with Crippen molar-refractivity contribution >= 4 is 5.78 Å². The molecule has 0 saturated carbocycles. The van der Waals surface area contributed by atoms with Crippen LogP contribution in [-0.4, -0.2) is 19.7 Å². The van der Waals surface area contributed by atoms with Crippen molar-refractivity contribution in [3.63, 3.8) is 0 Å². The highest BCUT2D eigenvalue weighted by molar-refractivity contribution is 6.00. The molecule has 0 fully saturated rings.